The average Bonchev–Trinajstić information content (AvgIpc) is 2.68. The number of unbranched alkanes of at least 4 members (excludes halogenated alkanes) is 2. The van der Waals surface area contributed by atoms with Crippen LogP contribution in [0.4, 0.5) is 0 Å². The van der Waals surface area contributed by atoms with Crippen molar-refractivity contribution in [3.05, 3.63) is 24.3 Å². The summed E-state index contributed by atoms with van der Waals surface area (Å²) in [7, 11) is 0. The molecule has 0 aromatic rings. The Hall–Kier alpha value is -0.520. The van der Waals surface area contributed by atoms with Crippen molar-refractivity contribution in [3.8, 4) is 0 Å². The molecule has 0 aliphatic heterocycles. The van der Waals surface area contributed by atoms with Crippen LogP contribution in [0.3, 0.4) is 0 Å². The Balaban J connectivity index is 1.46. The molecule has 0 heterocycles. The zero-order valence-corrected chi connectivity index (χ0v) is 17.9. The molecule has 2 aliphatic rings. The Morgan fingerprint density at radius 2 is 1.19 bits per heavy atom. The van der Waals surface area contributed by atoms with Crippen molar-refractivity contribution in [1.29, 1.82) is 0 Å². The number of rotatable bonds is 11. The first kappa shape index (κ1) is 21.8. The van der Waals surface area contributed by atoms with Crippen molar-refractivity contribution in [2.75, 3.05) is 0 Å². The fraction of sp³-hybridized carbons (Fsp3) is 0.846. The first-order valence-corrected chi connectivity index (χ1v) is 12.1. The second-order valence-corrected chi connectivity index (χ2v) is 9.32. The van der Waals surface area contributed by atoms with Crippen molar-refractivity contribution in [1.82, 2.24) is 0 Å². The monoisotopic (exact) mass is 358 g/mol. The highest BCUT2D eigenvalue weighted by Crippen LogP contribution is 2.36. The normalized spacial score (nSPS) is 30.4. The van der Waals surface area contributed by atoms with Gasteiger partial charge < -0.3 is 0 Å². The van der Waals surface area contributed by atoms with Crippen LogP contribution in [0.1, 0.15) is 117 Å². The molecule has 0 atom stereocenters. The zero-order valence-electron chi connectivity index (χ0n) is 17.9. The van der Waals surface area contributed by atoms with Crippen LogP contribution < -0.4 is 0 Å². The topological polar surface area (TPSA) is 0 Å². The fourth-order valence-electron chi connectivity index (χ4n) is 5.30. The molecule has 0 heteroatoms. The van der Waals surface area contributed by atoms with E-state index < -0.39 is 0 Å². The van der Waals surface area contributed by atoms with Crippen molar-refractivity contribution in [2.45, 2.75) is 117 Å². The van der Waals surface area contributed by atoms with Crippen LogP contribution in [0.25, 0.3) is 0 Å². The van der Waals surface area contributed by atoms with E-state index in [4.69, 9.17) is 0 Å². The van der Waals surface area contributed by atoms with Crippen LogP contribution in [0.5, 0.6) is 0 Å². The first-order valence-electron chi connectivity index (χ1n) is 12.1. The van der Waals surface area contributed by atoms with Crippen molar-refractivity contribution < 1.29 is 0 Å². The van der Waals surface area contributed by atoms with E-state index >= 15 is 0 Å². The maximum absolute atomic E-state index is 2.52. The van der Waals surface area contributed by atoms with Crippen LogP contribution in [-0.2, 0) is 0 Å². The third-order valence-corrected chi connectivity index (χ3v) is 7.17. The van der Waals surface area contributed by atoms with Crippen LogP contribution in [0, 0.1) is 23.7 Å². The SMILES string of the molecule is C/C=C/CCC1CCC(CCCCC2CCC(/C=C/CCC)CC2)CC1. The predicted octanol–water partition coefficient (Wildman–Crippen LogP) is 8.87. The van der Waals surface area contributed by atoms with E-state index in [1.807, 2.05) is 0 Å². The Bertz CT molecular complexity index is 375. The Labute approximate surface area is 164 Å². The van der Waals surface area contributed by atoms with E-state index in [1.165, 1.54) is 103 Å². The highest BCUT2D eigenvalue weighted by molar-refractivity contribution is 4.90. The van der Waals surface area contributed by atoms with Gasteiger partial charge in [-0.05, 0) is 75.5 Å². The fourth-order valence-corrected chi connectivity index (χ4v) is 5.30. The Morgan fingerprint density at radius 3 is 1.73 bits per heavy atom. The van der Waals surface area contributed by atoms with Gasteiger partial charge in [0, 0.05) is 0 Å². The molecular formula is C26H46. The van der Waals surface area contributed by atoms with Crippen molar-refractivity contribution >= 4 is 0 Å². The summed E-state index contributed by atoms with van der Waals surface area (Å²) in [5.41, 5.74) is 0. The summed E-state index contributed by atoms with van der Waals surface area (Å²) in [5, 5.41) is 0. The molecule has 0 nitrogen and oxygen atoms in total. The smallest absolute Gasteiger partial charge is 0.0233 e. The standard InChI is InChI=1S/C26H46/c1-3-5-7-11-23-15-19-25(20-16-23)13-9-10-14-26-21-17-24(18-22-26)12-8-6-4-2/h3,5,8,12,23-26H,4,6-7,9-11,13-22H2,1-2H3/b5-3+,12-8+. The van der Waals surface area contributed by atoms with E-state index in [2.05, 4.69) is 38.2 Å². The molecule has 0 aromatic heterocycles. The third kappa shape index (κ3) is 8.92. The number of hydrogen-bond acceptors (Lipinski definition) is 0. The third-order valence-electron chi connectivity index (χ3n) is 7.17. The molecule has 26 heavy (non-hydrogen) atoms. The van der Waals surface area contributed by atoms with E-state index in [0.717, 1.165) is 23.7 Å². The van der Waals surface area contributed by atoms with Crippen molar-refractivity contribution in [3.63, 3.8) is 0 Å². The number of hydrogen-bond donors (Lipinski definition) is 0. The molecule has 2 fully saturated rings. The minimum atomic E-state index is 0.904. The van der Waals surface area contributed by atoms with Crippen LogP contribution in [-0.4, -0.2) is 0 Å². The van der Waals surface area contributed by atoms with Gasteiger partial charge in [0.2, 0.25) is 0 Å². The molecule has 0 spiro atoms. The zero-order chi connectivity index (χ0) is 18.5. The van der Waals surface area contributed by atoms with E-state index in [1.54, 1.807) is 0 Å². The second kappa shape index (κ2) is 13.6. The molecule has 0 saturated heterocycles. The van der Waals surface area contributed by atoms with Crippen molar-refractivity contribution in [2.24, 2.45) is 23.7 Å². The van der Waals surface area contributed by atoms with E-state index in [0.29, 0.717) is 0 Å². The quantitative estimate of drug-likeness (QED) is 0.255. The van der Waals surface area contributed by atoms with Gasteiger partial charge in [0.25, 0.3) is 0 Å². The maximum atomic E-state index is 2.52. The van der Waals surface area contributed by atoms with Crippen LogP contribution in [0.15, 0.2) is 24.3 Å². The molecule has 0 bridgehead atoms. The molecular weight excluding hydrogens is 312 g/mol. The molecule has 0 radical (unpaired) electrons. The Kier molecular flexibility index (Phi) is 11.4. The number of allylic oxidation sites excluding steroid dienone is 4. The summed E-state index contributed by atoms with van der Waals surface area (Å²) in [4.78, 5) is 0. The summed E-state index contributed by atoms with van der Waals surface area (Å²) in [6.07, 6.45) is 32.9. The minimum absolute atomic E-state index is 0.904. The van der Waals surface area contributed by atoms with E-state index in [9.17, 15) is 0 Å². The molecule has 2 saturated carbocycles. The average molecular weight is 359 g/mol. The van der Waals surface area contributed by atoms with Crippen LogP contribution >= 0.6 is 0 Å². The highest BCUT2D eigenvalue weighted by Gasteiger charge is 2.21. The van der Waals surface area contributed by atoms with Gasteiger partial charge in [-0.3, -0.25) is 0 Å². The summed E-state index contributed by atoms with van der Waals surface area (Å²) in [6.45, 7) is 4.42. The molecule has 0 N–H and O–H groups in total. The summed E-state index contributed by atoms with van der Waals surface area (Å²) in [6, 6.07) is 0. The van der Waals surface area contributed by atoms with Gasteiger partial charge in [0.15, 0.2) is 0 Å². The lowest BCUT2D eigenvalue weighted by molar-refractivity contribution is 0.243. The summed E-state index contributed by atoms with van der Waals surface area (Å²) >= 11 is 0. The minimum Gasteiger partial charge on any atom is -0.0917 e. The van der Waals surface area contributed by atoms with Gasteiger partial charge in [-0.15, -0.1) is 0 Å². The molecule has 150 valence electrons. The van der Waals surface area contributed by atoms with Crippen LogP contribution in [0.2, 0.25) is 0 Å². The largest absolute Gasteiger partial charge is 0.0917 e. The van der Waals surface area contributed by atoms with E-state index in [-0.39, 0.29) is 0 Å². The summed E-state index contributed by atoms with van der Waals surface area (Å²) in [5.74, 6) is 4.05. The van der Waals surface area contributed by atoms with Gasteiger partial charge in [0.1, 0.15) is 0 Å². The Morgan fingerprint density at radius 1 is 0.654 bits per heavy atom. The lowest BCUT2D eigenvalue weighted by atomic mass is 9.77. The summed E-state index contributed by atoms with van der Waals surface area (Å²) < 4.78 is 0. The molecule has 0 unspecified atom stereocenters. The molecule has 0 aromatic carbocycles. The van der Waals surface area contributed by atoms with Gasteiger partial charge in [-0.2, -0.15) is 0 Å². The lowest BCUT2D eigenvalue weighted by Crippen LogP contribution is -2.15. The lowest BCUT2D eigenvalue weighted by Gasteiger charge is -2.29. The molecule has 2 rings (SSSR count). The molecule has 2 aliphatic carbocycles. The first-order chi connectivity index (χ1) is 12.8. The predicted molar refractivity (Wildman–Crippen MR) is 117 cm³/mol. The second-order valence-electron chi connectivity index (χ2n) is 9.32. The maximum Gasteiger partial charge on any atom is -0.0233 e. The van der Waals surface area contributed by atoms with Gasteiger partial charge in [-0.25, -0.2) is 0 Å². The van der Waals surface area contributed by atoms with Gasteiger partial charge in [0.05, 0.1) is 0 Å². The highest BCUT2D eigenvalue weighted by atomic mass is 14.3. The van der Waals surface area contributed by atoms with Gasteiger partial charge in [-0.1, -0.05) is 89.0 Å². The van der Waals surface area contributed by atoms with Gasteiger partial charge >= 0.3 is 0 Å². The molecule has 0 amide bonds.